The molecular weight excluding hydrogens is 743 g/mol. The van der Waals surface area contributed by atoms with Crippen molar-refractivity contribution in [3.8, 4) is 34.5 Å². The zero-order valence-corrected chi connectivity index (χ0v) is 35.5. The molecule has 5 nitrogen and oxygen atoms in total. The lowest BCUT2D eigenvalue weighted by Crippen LogP contribution is -2.46. The van der Waals surface area contributed by atoms with Crippen molar-refractivity contribution in [2.75, 3.05) is 13.2 Å². The number of para-hydroxylation sites is 2. The number of hydrogen-bond acceptors (Lipinski definition) is 5. The highest BCUT2D eigenvalue weighted by molar-refractivity contribution is 5.43. The Morgan fingerprint density at radius 1 is 0.475 bits per heavy atom. The van der Waals surface area contributed by atoms with Gasteiger partial charge >= 0.3 is 0 Å². The van der Waals surface area contributed by atoms with Gasteiger partial charge in [0.25, 0.3) is 0 Å². The molecule has 308 valence electrons. The summed E-state index contributed by atoms with van der Waals surface area (Å²) in [5, 5.41) is 0. The van der Waals surface area contributed by atoms with Crippen molar-refractivity contribution < 1.29 is 32.5 Å². The van der Waals surface area contributed by atoms with E-state index in [1.54, 1.807) is 48.5 Å². The fraction of sp³-hybridized carbons (Fsp3) is 0.308. The minimum atomic E-state index is -0.572. The summed E-state index contributed by atoms with van der Waals surface area (Å²) in [6, 6.07) is 41.0. The number of halogens is 2. The van der Waals surface area contributed by atoms with Crippen molar-refractivity contribution in [3.63, 3.8) is 0 Å². The highest BCUT2D eigenvalue weighted by Gasteiger charge is 2.40. The third kappa shape index (κ3) is 10.5. The van der Waals surface area contributed by atoms with Gasteiger partial charge in [-0.25, -0.2) is 8.78 Å². The molecule has 0 aromatic heterocycles. The molecule has 0 aliphatic carbocycles. The quantitative estimate of drug-likeness (QED) is 0.0867. The molecule has 2 unspecified atom stereocenters. The Kier molecular flexibility index (Phi) is 13.8. The predicted octanol–water partition coefficient (Wildman–Crippen LogP) is 13.5. The largest absolute Gasteiger partial charge is 0.494 e. The van der Waals surface area contributed by atoms with Gasteiger partial charge in [-0.2, -0.15) is 0 Å². The predicted molar refractivity (Wildman–Crippen MR) is 233 cm³/mol. The second-order valence-corrected chi connectivity index (χ2v) is 16.2. The molecule has 0 fully saturated rings. The monoisotopic (exact) mass is 798 g/mol. The molecule has 59 heavy (non-hydrogen) atoms. The minimum Gasteiger partial charge on any atom is -0.494 e. The van der Waals surface area contributed by atoms with Crippen LogP contribution in [0, 0.1) is 25.5 Å². The van der Waals surface area contributed by atoms with Gasteiger partial charge in [0, 0.05) is 10.8 Å². The minimum absolute atomic E-state index is 0.140. The van der Waals surface area contributed by atoms with Crippen LogP contribution in [0.1, 0.15) is 74.9 Å². The number of ether oxygens (including phenoxy) is 5. The normalized spacial score (nSPS) is 12.8. The molecule has 6 rings (SSSR count). The molecule has 0 aliphatic heterocycles. The molecule has 0 spiro atoms. The Hall–Kier alpha value is -5.66. The molecule has 0 N–H and O–H groups in total. The zero-order chi connectivity index (χ0) is 42.2. The van der Waals surface area contributed by atoms with Crippen LogP contribution in [0.4, 0.5) is 8.78 Å². The Morgan fingerprint density at radius 2 is 0.864 bits per heavy atom. The smallest absolute Gasteiger partial charge is 0.165 e. The Morgan fingerprint density at radius 3 is 1.22 bits per heavy atom. The van der Waals surface area contributed by atoms with E-state index < -0.39 is 34.7 Å². The molecule has 7 heteroatoms. The lowest BCUT2D eigenvalue weighted by Gasteiger charge is -2.43. The first-order chi connectivity index (χ1) is 28.3. The summed E-state index contributed by atoms with van der Waals surface area (Å²) in [5.74, 6) is 2.13. The lowest BCUT2D eigenvalue weighted by atomic mass is 9.74. The Labute approximate surface area is 348 Å². The summed E-state index contributed by atoms with van der Waals surface area (Å²) >= 11 is 0. The molecule has 0 bridgehead atoms. The zero-order valence-electron chi connectivity index (χ0n) is 35.5. The number of benzene rings is 6. The number of rotatable bonds is 18. The van der Waals surface area contributed by atoms with Crippen LogP contribution >= 0.6 is 0 Å². The second kappa shape index (κ2) is 18.9. The second-order valence-electron chi connectivity index (χ2n) is 16.2. The summed E-state index contributed by atoms with van der Waals surface area (Å²) in [7, 11) is 0. The van der Waals surface area contributed by atoms with E-state index in [-0.39, 0.29) is 11.5 Å². The van der Waals surface area contributed by atoms with Gasteiger partial charge in [0.2, 0.25) is 0 Å². The molecule has 2 atom stereocenters. The van der Waals surface area contributed by atoms with Crippen molar-refractivity contribution in [1.82, 2.24) is 0 Å². The van der Waals surface area contributed by atoms with Crippen molar-refractivity contribution in [2.45, 2.75) is 91.3 Å². The fourth-order valence-corrected chi connectivity index (χ4v) is 7.42. The molecular formula is C52H56F2O5. The van der Waals surface area contributed by atoms with E-state index in [1.807, 2.05) is 62.4 Å². The molecule has 0 saturated carbocycles. The third-order valence-electron chi connectivity index (χ3n) is 11.2. The number of aryl methyl sites for hydroxylation is 2. The molecule has 0 aliphatic rings. The summed E-state index contributed by atoms with van der Waals surface area (Å²) in [5.41, 5.74) is 4.75. The third-order valence-corrected chi connectivity index (χ3v) is 11.2. The van der Waals surface area contributed by atoms with E-state index in [9.17, 15) is 0 Å². The molecule has 0 heterocycles. The van der Waals surface area contributed by atoms with Gasteiger partial charge < -0.3 is 23.7 Å². The van der Waals surface area contributed by atoms with Crippen LogP contribution < -0.4 is 18.9 Å². The first-order valence-electron chi connectivity index (χ1n) is 20.4. The van der Waals surface area contributed by atoms with Crippen molar-refractivity contribution >= 4 is 0 Å². The summed E-state index contributed by atoms with van der Waals surface area (Å²) < 4.78 is 62.2. The first-order valence-corrected chi connectivity index (χ1v) is 20.4. The average molecular weight is 799 g/mol. The van der Waals surface area contributed by atoms with Crippen LogP contribution in [0.5, 0.6) is 34.5 Å². The average Bonchev–Trinajstić information content (AvgIpc) is 3.22. The van der Waals surface area contributed by atoms with Crippen molar-refractivity contribution in [1.29, 1.82) is 0 Å². The maximum absolute atomic E-state index is 15.3. The first kappa shape index (κ1) is 42.9. The van der Waals surface area contributed by atoms with Gasteiger partial charge in [-0.3, -0.25) is 0 Å². The van der Waals surface area contributed by atoms with Crippen LogP contribution in [0.25, 0.3) is 0 Å². The summed E-state index contributed by atoms with van der Waals surface area (Å²) in [6.07, 6.45) is -0.0108. The SMILES string of the molecule is CCOc1ccc(C(C)(C)C(Cc2ccc(F)c(Oc3ccccc3)c2)OC(Cc2ccc(F)c(Oc3ccccc3)c2)C(C)(C)c2ccc(OCC)c(C)c2)cc1C. The van der Waals surface area contributed by atoms with Crippen LogP contribution in [-0.2, 0) is 28.4 Å². The molecule has 6 aromatic rings. The number of hydrogen-bond donors (Lipinski definition) is 0. The summed E-state index contributed by atoms with van der Waals surface area (Å²) in [4.78, 5) is 0. The van der Waals surface area contributed by atoms with E-state index >= 15 is 8.78 Å². The molecule has 0 radical (unpaired) electrons. The van der Waals surface area contributed by atoms with E-state index in [2.05, 4.69) is 65.8 Å². The van der Waals surface area contributed by atoms with E-state index in [0.29, 0.717) is 37.6 Å². The van der Waals surface area contributed by atoms with E-state index in [4.69, 9.17) is 23.7 Å². The van der Waals surface area contributed by atoms with E-state index in [0.717, 1.165) is 44.9 Å². The van der Waals surface area contributed by atoms with Crippen molar-refractivity contribution in [2.24, 2.45) is 0 Å². The van der Waals surface area contributed by atoms with Crippen LogP contribution in [0.3, 0.4) is 0 Å². The van der Waals surface area contributed by atoms with Gasteiger partial charge in [-0.05, 0) is 135 Å². The van der Waals surface area contributed by atoms with Gasteiger partial charge in [-0.15, -0.1) is 0 Å². The van der Waals surface area contributed by atoms with Gasteiger partial charge in [-0.1, -0.05) is 100 Å². The highest BCUT2D eigenvalue weighted by Crippen LogP contribution is 2.41. The standard InChI is InChI=1S/C52H56F2O5/c1-9-55-45-27-23-39(29-35(45)3)51(5,6)49(33-37-21-25-43(53)47(31-37)57-41-17-13-11-14-18-41)59-50(52(7,8)40-24-28-46(56-10-2)36(4)30-40)34-38-22-26-44(54)48(32-38)58-42-19-15-12-16-20-42/h11-32,49-50H,9-10,33-34H2,1-8H3. The Balaban J connectivity index is 1.44. The topological polar surface area (TPSA) is 46.2 Å². The van der Waals surface area contributed by atoms with Crippen molar-refractivity contribution in [3.05, 3.63) is 178 Å². The van der Waals surface area contributed by atoms with E-state index in [1.165, 1.54) is 12.1 Å². The molecule has 0 amide bonds. The van der Waals surface area contributed by atoms with Crippen LogP contribution in [0.2, 0.25) is 0 Å². The summed E-state index contributed by atoms with van der Waals surface area (Å²) in [6.45, 7) is 17.9. The van der Waals surface area contributed by atoms with Gasteiger partial charge in [0.05, 0.1) is 25.4 Å². The van der Waals surface area contributed by atoms with Gasteiger partial charge in [0.15, 0.2) is 23.1 Å². The molecule has 0 saturated heterocycles. The fourth-order valence-electron chi connectivity index (χ4n) is 7.42. The highest BCUT2D eigenvalue weighted by atomic mass is 19.1. The van der Waals surface area contributed by atoms with Crippen LogP contribution in [-0.4, -0.2) is 25.4 Å². The maximum atomic E-state index is 15.3. The van der Waals surface area contributed by atoms with Crippen LogP contribution in [0.15, 0.2) is 133 Å². The Bertz CT molecular complexity index is 2140. The van der Waals surface area contributed by atoms with Gasteiger partial charge in [0.1, 0.15) is 23.0 Å². The molecule has 6 aromatic carbocycles. The lowest BCUT2D eigenvalue weighted by molar-refractivity contribution is -0.0753. The maximum Gasteiger partial charge on any atom is 0.165 e.